The van der Waals surface area contributed by atoms with E-state index in [-0.39, 0.29) is 23.9 Å². The standard InChI is InChI=1S/C26H25F4N3O4S.2C2H6/c1-3-33(38(35,36)21-10-8-20(27)9-11-21)25(12-13-25)24(34)31-16-17-14-22(32-23(15-17)37-2)18-4-6-19(7-5-18)26(28,29)30;2*1-2/h4-11,14-15H,3,12-13,16H2,1-2H3,(H,31,34);2*1-2H3. The Balaban J connectivity index is 0.00000148. The number of amides is 1. The number of nitrogens with one attached hydrogen (secondary N) is 1. The molecule has 2 aromatic carbocycles. The molecule has 3 aromatic rings. The molecule has 1 amide bonds. The van der Waals surface area contributed by atoms with Gasteiger partial charge in [0.2, 0.25) is 21.8 Å². The molecule has 1 fully saturated rings. The maximum atomic E-state index is 13.3. The highest BCUT2D eigenvalue weighted by molar-refractivity contribution is 7.89. The van der Waals surface area contributed by atoms with Crippen LogP contribution in [0.2, 0.25) is 0 Å². The van der Waals surface area contributed by atoms with Crippen molar-refractivity contribution in [2.45, 2.75) is 70.6 Å². The quantitative estimate of drug-likeness (QED) is 0.268. The number of carbonyl (C=O) groups is 1. The summed E-state index contributed by atoms with van der Waals surface area (Å²) >= 11 is 0. The van der Waals surface area contributed by atoms with Gasteiger partial charge in [-0.2, -0.15) is 17.5 Å². The van der Waals surface area contributed by atoms with Crippen molar-refractivity contribution < 1.29 is 35.5 Å². The lowest BCUT2D eigenvalue weighted by atomic mass is 10.1. The van der Waals surface area contributed by atoms with E-state index in [9.17, 15) is 30.8 Å². The molecule has 230 valence electrons. The van der Waals surface area contributed by atoms with Crippen molar-refractivity contribution >= 4 is 15.9 Å². The highest BCUT2D eigenvalue weighted by Crippen LogP contribution is 2.45. The summed E-state index contributed by atoms with van der Waals surface area (Å²) in [5.41, 5.74) is -0.735. The van der Waals surface area contributed by atoms with Crippen LogP contribution in [0.5, 0.6) is 5.88 Å². The Morgan fingerprint density at radius 3 is 2.05 bits per heavy atom. The maximum absolute atomic E-state index is 13.3. The summed E-state index contributed by atoms with van der Waals surface area (Å²) in [6.45, 7) is 9.66. The monoisotopic (exact) mass is 611 g/mol. The first-order chi connectivity index (χ1) is 19.9. The Morgan fingerprint density at radius 1 is 1.00 bits per heavy atom. The summed E-state index contributed by atoms with van der Waals surface area (Å²) in [7, 11) is -2.67. The van der Waals surface area contributed by atoms with Crippen molar-refractivity contribution in [3.05, 3.63) is 77.6 Å². The minimum Gasteiger partial charge on any atom is -0.481 e. The summed E-state index contributed by atoms with van der Waals surface area (Å²) in [4.78, 5) is 17.4. The minimum atomic E-state index is -4.47. The second-order valence-corrected chi connectivity index (χ2v) is 10.7. The molecule has 42 heavy (non-hydrogen) atoms. The van der Waals surface area contributed by atoms with Gasteiger partial charge in [0.05, 0.1) is 23.3 Å². The SMILES string of the molecule is CC.CC.CCN(C1(C(=O)NCc2cc(OC)nc(-c3ccc(C(F)(F)F)cc3)c2)CC1)S(=O)(=O)c1ccc(F)cc1. The number of benzene rings is 2. The third kappa shape index (κ3) is 7.86. The second-order valence-electron chi connectivity index (χ2n) is 8.82. The highest BCUT2D eigenvalue weighted by Gasteiger charge is 2.58. The third-order valence-corrected chi connectivity index (χ3v) is 8.40. The average Bonchev–Trinajstić information content (AvgIpc) is 3.79. The molecule has 1 N–H and O–H groups in total. The number of rotatable bonds is 9. The fourth-order valence-electron chi connectivity index (χ4n) is 4.24. The smallest absolute Gasteiger partial charge is 0.416 e. The molecule has 1 aliphatic rings. The molecule has 1 aliphatic carbocycles. The van der Waals surface area contributed by atoms with Crippen LogP contribution in [-0.4, -0.2) is 42.8 Å². The summed E-state index contributed by atoms with van der Waals surface area (Å²) in [6.07, 6.45) is -3.82. The molecule has 0 unspecified atom stereocenters. The number of alkyl halides is 3. The third-order valence-electron chi connectivity index (χ3n) is 6.34. The molecule has 1 aromatic heterocycles. The van der Waals surface area contributed by atoms with Crippen LogP contribution in [-0.2, 0) is 27.5 Å². The van der Waals surface area contributed by atoms with Crippen LogP contribution in [0.1, 0.15) is 58.6 Å². The van der Waals surface area contributed by atoms with Crippen LogP contribution in [0.3, 0.4) is 0 Å². The van der Waals surface area contributed by atoms with Crippen LogP contribution in [0, 0.1) is 5.82 Å². The summed E-state index contributed by atoms with van der Waals surface area (Å²) in [5, 5.41) is 2.77. The molecule has 0 radical (unpaired) electrons. The molecule has 12 heteroatoms. The molecule has 1 saturated carbocycles. The van der Waals surface area contributed by atoms with E-state index in [0.717, 1.165) is 40.7 Å². The van der Waals surface area contributed by atoms with E-state index in [1.807, 2.05) is 27.7 Å². The lowest BCUT2D eigenvalue weighted by Gasteiger charge is -2.29. The zero-order chi connectivity index (χ0) is 31.7. The molecule has 1 heterocycles. The number of aromatic nitrogens is 1. The van der Waals surface area contributed by atoms with E-state index in [4.69, 9.17) is 4.74 Å². The van der Waals surface area contributed by atoms with Gasteiger partial charge < -0.3 is 10.1 Å². The molecule has 4 rings (SSSR count). The van der Waals surface area contributed by atoms with Gasteiger partial charge in [-0.15, -0.1) is 0 Å². The minimum absolute atomic E-state index is 0.00124. The van der Waals surface area contributed by atoms with Crippen molar-refractivity contribution in [1.82, 2.24) is 14.6 Å². The van der Waals surface area contributed by atoms with Crippen LogP contribution < -0.4 is 10.1 Å². The van der Waals surface area contributed by atoms with Gasteiger partial charge in [-0.25, -0.2) is 17.8 Å². The molecular weight excluding hydrogens is 574 g/mol. The van der Waals surface area contributed by atoms with Crippen molar-refractivity contribution in [3.8, 4) is 17.1 Å². The first-order valence-corrected chi connectivity index (χ1v) is 15.1. The Labute approximate surface area is 245 Å². The topological polar surface area (TPSA) is 88.6 Å². The van der Waals surface area contributed by atoms with Gasteiger partial charge >= 0.3 is 6.18 Å². The predicted molar refractivity (Wildman–Crippen MR) is 154 cm³/mol. The van der Waals surface area contributed by atoms with E-state index >= 15 is 0 Å². The number of nitrogens with zero attached hydrogens (tertiary/aromatic N) is 2. The van der Waals surface area contributed by atoms with E-state index in [1.54, 1.807) is 19.1 Å². The molecule has 0 bridgehead atoms. The summed E-state index contributed by atoms with van der Waals surface area (Å²) in [5.74, 6) is -0.868. The number of sulfonamides is 1. The molecule has 0 spiro atoms. The largest absolute Gasteiger partial charge is 0.481 e. The van der Waals surface area contributed by atoms with Crippen molar-refractivity contribution in [3.63, 3.8) is 0 Å². The highest BCUT2D eigenvalue weighted by atomic mass is 32.2. The fourth-order valence-corrected chi connectivity index (χ4v) is 6.04. The Morgan fingerprint density at radius 2 is 1.57 bits per heavy atom. The Kier molecular flexibility index (Phi) is 12.1. The second kappa shape index (κ2) is 14.6. The number of methoxy groups -OCH3 is 1. The van der Waals surface area contributed by atoms with Crippen molar-refractivity contribution in [2.24, 2.45) is 0 Å². The first kappa shape index (κ1) is 34.7. The number of carbonyl (C=O) groups excluding carboxylic acids is 1. The van der Waals surface area contributed by atoms with Crippen LogP contribution in [0.25, 0.3) is 11.3 Å². The van der Waals surface area contributed by atoms with Gasteiger partial charge in [0.25, 0.3) is 0 Å². The van der Waals surface area contributed by atoms with E-state index < -0.39 is 39.0 Å². The lowest BCUT2D eigenvalue weighted by molar-refractivity contribution is -0.137. The average molecular weight is 612 g/mol. The van der Waals surface area contributed by atoms with Crippen LogP contribution >= 0.6 is 0 Å². The van der Waals surface area contributed by atoms with E-state index in [1.165, 1.54) is 19.2 Å². The molecule has 0 aliphatic heterocycles. The fraction of sp³-hybridized carbons (Fsp3) is 0.400. The van der Waals surface area contributed by atoms with Gasteiger partial charge in [0.1, 0.15) is 11.4 Å². The zero-order valence-corrected chi connectivity index (χ0v) is 25.4. The zero-order valence-electron chi connectivity index (χ0n) is 24.5. The number of likely N-dealkylation sites (N-methyl/N-ethyl adjacent to an activating group) is 1. The normalized spacial score (nSPS) is 13.7. The van der Waals surface area contributed by atoms with Gasteiger partial charge in [-0.05, 0) is 60.9 Å². The number of halogens is 4. The van der Waals surface area contributed by atoms with Gasteiger partial charge in [0, 0.05) is 24.7 Å². The van der Waals surface area contributed by atoms with E-state index in [2.05, 4.69) is 10.3 Å². The number of pyridine rings is 1. The number of ether oxygens (including phenoxy) is 1. The molecular formula is C30H37F4N3O4S. The maximum Gasteiger partial charge on any atom is 0.416 e. The van der Waals surface area contributed by atoms with Crippen LogP contribution in [0.4, 0.5) is 17.6 Å². The molecule has 7 nitrogen and oxygen atoms in total. The summed E-state index contributed by atoms with van der Waals surface area (Å²) in [6, 6.07) is 12.1. The van der Waals surface area contributed by atoms with Gasteiger partial charge in [0.15, 0.2) is 0 Å². The van der Waals surface area contributed by atoms with Crippen molar-refractivity contribution in [2.75, 3.05) is 13.7 Å². The van der Waals surface area contributed by atoms with E-state index in [0.29, 0.717) is 29.7 Å². The molecule has 0 atom stereocenters. The lowest BCUT2D eigenvalue weighted by Crippen LogP contribution is -2.51. The first-order valence-electron chi connectivity index (χ1n) is 13.7. The van der Waals surface area contributed by atoms with Crippen molar-refractivity contribution in [1.29, 1.82) is 0 Å². The predicted octanol–water partition coefficient (Wildman–Crippen LogP) is 6.83. The Hall–Kier alpha value is -3.51. The Bertz CT molecular complexity index is 1420. The number of hydrogen-bond donors (Lipinski definition) is 1. The van der Waals surface area contributed by atoms with Crippen LogP contribution in [0.15, 0.2) is 65.6 Å². The van der Waals surface area contributed by atoms with Gasteiger partial charge in [-0.1, -0.05) is 46.8 Å². The summed E-state index contributed by atoms with van der Waals surface area (Å²) < 4.78 is 84.9. The number of hydrogen-bond acceptors (Lipinski definition) is 5. The van der Waals surface area contributed by atoms with Gasteiger partial charge in [-0.3, -0.25) is 4.79 Å². The molecule has 0 saturated heterocycles.